The molecule has 0 radical (unpaired) electrons. The van der Waals surface area contributed by atoms with E-state index in [1.807, 2.05) is 0 Å². The first-order chi connectivity index (χ1) is 8.97. The number of benzene rings is 1. The first-order valence-electron chi connectivity index (χ1n) is 5.99. The average molecular weight is 284 g/mol. The van der Waals surface area contributed by atoms with Gasteiger partial charge in [0.1, 0.15) is 5.75 Å². The highest BCUT2D eigenvalue weighted by Gasteiger charge is 2.30. The number of hydrogen-bond donors (Lipinski definition) is 3. The first kappa shape index (κ1) is 13.7. The van der Waals surface area contributed by atoms with E-state index in [1.54, 1.807) is 0 Å². The van der Waals surface area contributed by atoms with Crippen LogP contribution in [0.15, 0.2) is 18.2 Å². The Kier molecular flexibility index (Phi) is 3.95. The van der Waals surface area contributed by atoms with Crippen LogP contribution in [0.4, 0.5) is 0 Å². The summed E-state index contributed by atoms with van der Waals surface area (Å²) < 4.78 is 0. The van der Waals surface area contributed by atoms with Crippen molar-refractivity contribution in [1.29, 1.82) is 0 Å². The van der Waals surface area contributed by atoms with Gasteiger partial charge >= 0.3 is 5.97 Å². The SMILES string of the molecule is O=C(N[C@H]1CC[C@@H](C(=O)O)C1)c1cc(O)ccc1Cl. The Balaban J connectivity index is 2.02. The summed E-state index contributed by atoms with van der Waals surface area (Å²) in [7, 11) is 0. The lowest BCUT2D eigenvalue weighted by Gasteiger charge is -2.13. The second-order valence-corrected chi connectivity index (χ2v) is 5.09. The first-order valence-corrected chi connectivity index (χ1v) is 6.37. The lowest BCUT2D eigenvalue weighted by molar-refractivity contribution is -0.141. The Morgan fingerprint density at radius 1 is 1.32 bits per heavy atom. The molecular weight excluding hydrogens is 270 g/mol. The summed E-state index contributed by atoms with van der Waals surface area (Å²) in [6.07, 6.45) is 1.63. The highest BCUT2D eigenvalue weighted by Crippen LogP contribution is 2.27. The van der Waals surface area contributed by atoms with Crippen molar-refractivity contribution in [3.05, 3.63) is 28.8 Å². The van der Waals surface area contributed by atoms with E-state index in [0.717, 1.165) is 0 Å². The maximum atomic E-state index is 12.0. The maximum Gasteiger partial charge on any atom is 0.306 e. The lowest BCUT2D eigenvalue weighted by atomic mass is 10.1. The van der Waals surface area contributed by atoms with E-state index in [-0.39, 0.29) is 22.4 Å². The zero-order chi connectivity index (χ0) is 14.0. The molecule has 3 N–H and O–H groups in total. The summed E-state index contributed by atoms with van der Waals surface area (Å²) in [4.78, 5) is 22.8. The standard InChI is InChI=1S/C13H14ClNO4/c14-11-4-3-9(16)6-10(11)12(17)15-8-2-1-7(5-8)13(18)19/h3-4,6-8,16H,1-2,5H2,(H,15,17)(H,18,19)/t7-,8+/m1/s1. The number of aliphatic carboxylic acids is 1. The fraction of sp³-hybridized carbons (Fsp3) is 0.385. The minimum absolute atomic E-state index is 0.0376. The molecule has 2 rings (SSSR count). The van der Waals surface area contributed by atoms with E-state index in [2.05, 4.69) is 5.32 Å². The quantitative estimate of drug-likeness (QED) is 0.792. The van der Waals surface area contributed by atoms with Crippen LogP contribution in [0.5, 0.6) is 5.75 Å². The lowest BCUT2D eigenvalue weighted by Crippen LogP contribution is -2.33. The fourth-order valence-electron chi connectivity index (χ4n) is 2.29. The van der Waals surface area contributed by atoms with Gasteiger partial charge in [0.05, 0.1) is 16.5 Å². The van der Waals surface area contributed by atoms with E-state index >= 15 is 0 Å². The van der Waals surface area contributed by atoms with Crippen LogP contribution in [0.3, 0.4) is 0 Å². The largest absolute Gasteiger partial charge is 0.508 e. The van der Waals surface area contributed by atoms with Crippen molar-refractivity contribution < 1.29 is 19.8 Å². The van der Waals surface area contributed by atoms with E-state index in [1.165, 1.54) is 18.2 Å². The van der Waals surface area contributed by atoms with Gasteiger partial charge in [0.25, 0.3) is 5.91 Å². The molecule has 0 bridgehead atoms. The summed E-state index contributed by atoms with van der Waals surface area (Å²) in [6, 6.07) is 3.98. The molecule has 2 atom stereocenters. The normalized spacial score (nSPS) is 22.2. The minimum atomic E-state index is -0.827. The molecule has 0 aliphatic heterocycles. The van der Waals surface area contributed by atoms with Crippen LogP contribution < -0.4 is 5.32 Å². The molecule has 0 saturated heterocycles. The van der Waals surface area contributed by atoms with Crippen LogP contribution >= 0.6 is 11.6 Å². The predicted octanol–water partition coefficient (Wildman–Crippen LogP) is 2.03. The number of carbonyl (C=O) groups is 2. The summed E-state index contributed by atoms with van der Waals surface area (Å²) in [5.41, 5.74) is 0.195. The number of hydrogen-bond acceptors (Lipinski definition) is 3. The fourth-order valence-corrected chi connectivity index (χ4v) is 2.49. The van der Waals surface area contributed by atoms with Crippen molar-refractivity contribution >= 4 is 23.5 Å². The Labute approximate surface area is 115 Å². The van der Waals surface area contributed by atoms with Crippen LogP contribution in [0.25, 0.3) is 0 Å². The van der Waals surface area contributed by atoms with Crippen molar-refractivity contribution in [2.24, 2.45) is 5.92 Å². The molecule has 1 aliphatic rings. The van der Waals surface area contributed by atoms with Crippen molar-refractivity contribution in [1.82, 2.24) is 5.32 Å². The molecule has 1 aromatic rings. The van der Waals surface area contributed by atoms with Crippen LogP contribution in [0.1, 0.15) is 29.6 Å². The average Bonchev–Trinajstić information content (AvgIpc) is 2.80. The maximum absolute atomic E-state index is 12.0. The molecule has 1 fully saturated rings. The molecule has 1 amide bonds. The van der Waals surface area contributed by atoms with Crippen LogP contribution in [0.2, 0.25) is 5.02 Å². The second-order valence-electron chi connectivity index (χ2n) is 4.68. The Morgan fingerprint density at radius 3 is 2.68 bits per heavy atom. The summed E-state index contributed by atoms with van der Waals surface area (Å²) in [5, 5.41) is 21.2. The van der Waals surface area contributed by atoms with Crippen LogP contribution in [-0.2, 0) is 4.79 Å². The monoisotopic (exact) mass is 283 g/mol. The van der Waals surface area contributed by atoms with Crippen molar-refractivity contribution in [3.8, 4) is 5.75 Å². The number of phenols is 1. The molecule has 0 spiro atoms. The van der Waals surface area contributed by atoms with Crippen LogP contribution in [-0.4, -0.2) is 28.1 Å². The molecule has 19 heavy (non-hydrogen) atoms. The van der Waals surface area contributed by atoms with Gasteiger partial charge in [-0.15, -0.1) is 0 Å². The number of carboxylic acids is 1. The third-order valence-corrected chi connectivity index (χ3v) is 3.64. The Hall–Kier alpha value is -1.75. The number of rotatable bonds is 3. The van der Waals surface area contributed by atoms with Gasteiger partial charge in [0, 0.05) is 6.04 Å². The van der Waals surface area contributed by atoms with Gasteiger partial charge in [-0.2, -0.15) is 0 Å². The molecule has 0 heterocycles. The van der Waals surface area contributed by atoms with Gasteiger partial charge in [-0.25, -0.2) is 0 Å². The van der Waals surface area contributed by atoms with E-state index in [9.17, 15) is 14.7 Å². The summed E-state index contributed by atoms with van der Waals surface area (Å²) >= 11 is 5.89. The minimum Gasteiger partial charge on any atom is -0.508 e. The van der Waals surface area contributed by atoms with E-state index in [4.69, 9.17) is 16.7 Å². The molecule has 1 aliphatic carbocycles. The van der Waals surface area contributed by atoms with Crippen LogP contribution in [0, 0.1) is 5.92 Å². The number of halogens is 1. The molecule has 5 nitrogen and oxygen atoms in total. The number of amides is 1. The molecule has 102 valence electrons. The number of carbonyl (C=O) groups excluding carboxylic acids is 1. The van der Waals surface area contributed by atoms with E-state index in [0.29, 0.717) is 19.3 Å². The molecule has 1 aromatic carbocycles. The van der Waals surface area contributed by atoms with Gasteiger partial charge in [-0.3, -0.25) is 9.59 Å². The van der Waals surface area contributed by atoms with Gasteiger partial charge in [0.2, 0.25) is 0 Å². The van der Waals surface area contributed by atoms with Gasteiger partial charge in [-0.1, -0.05) is 11.6 Å². The van der Waals surface area contributed by atoms with Crippen molar-refractivity contribution in [2.45, 2.75) is 25.3 Å². The second kappa shape index (κ2) is 5.48. The molecule has 6 heteroatoms. The number of nitrogens with one attached hydrogen (secondary N) is 1. The Bertz CT molecular complexity index is 517. The van der Waals surface area contributed by atoms with Gasteiger partial charge in [0.15, 0.2) is 0 Å². The molecule has 1 saturated carbocycles. The summed E-state index contributed by atoms with van der Waals surface area (Å²) in [6.45, 7) is 0. The molecular formula is C13H14ClNO4. The molecule has 0 unspecified atom stereocenters. The third kappa shape index (κ3) is 3.17. The number of aromatic hydroxyl groups is 1. The van der Waals surface area contributed by atoms with Crippen molar-refractivity contribution in [2.75, 3.05) is 0 Å². The van der Waals surface area contributed by atoms with Gasteiger partial charge in [-0.05, 0) is 37.5 Å². The zero-order valence-electron chi connectivity index (χ0n) is 10.1. The number of phenolic OH excluding ortho intramolecular Hbond substituents is 1. The smallest absolute Gasteiger partial charge is 0.306 e. The summed E-state index contributed by atoms with van der Waals surface area (Å²) in [5.74, 6) is -1.65. The highest BCUT2D eigenvalue weighted by molar-refractivity contribution is 6.33. The van der Waals surface area contributed by atoms with E-state index < -0.39 is 17.8 Å². The number of carboxylic acid groups (broad SMARTS) is 1. The van der Waals surface area contributed by atoms with Crippen molar-refractivity contribution in [3.63, 3.8) is 0 Å². The van der Waals surface area contributed by atoms with Gasteiger partial charge < -0.3 is 15.5 Å². The topological polar surface area (TPSA) is 86.6 Å². The highest BCUT2D eigenvalue weighted by atomic mass is 35.5. The predicted molar refractivity (Wildman–Crippen MR) is 69.3 cm³/mol. The third-order valence-electron chi connectivity index (χ3n) is 3.31. The molecule has 0 aromatic heterocycles. The Morgan fingerprint density at radius 2 is 2.05 bits per heavy atom. The zero-order valence-corrected chi connectivity index (χ0v) is 10.9.